The van der Waals surface area contributed by atoms with Gasteiger partial charge in [0.05, 0.1) is 6.61 Å². The second-order valence-corrected chi connectivity index (χ2v) is 12.9. The molecule has 0 saturated heterocycles. The van der Waals surface area contributed by atoms with Crippen molar-refractivity contribution in [2.75, 3.05) is 6.61 Å². The van der Waals surface area contributed by atoms with Gasteiger partial charge in [-0.25, -0.2) is 0 Å². The van der Waals surface area contributed by atoms with Gasteiger partial charge in [0.15, 0.2) is 0 Å². The zero-order valence-corrected chi connectivity index (χ0v) is 28.8. The molecule has 0 aromatic carbocycles. The summed E-state index contributed by atoms with van der Waals surface area (Å²) in [7, 11) is 0. The van der Waals surface area contributed by atoms with Gasteiger partial charge in [0.25, 0.3) is 0 Å². The van der Waals surface area contributed by atoms with Crippen LogP contribution >= 0.6 is 0 Å². The summed E-state index contributed by atoms with van der Waals surface area (Å²) >= 11 is 0. The van der Waals surface area contributed by atoms with Gasteiger partial charge in [-0.05, 0) is 31.6 Å². The lowest BCUT2D eigenvalue weighted by molar-refractivity contribution is -0.159. The molecule has 0 spiro atoms. The van der Waals surface area contributed by atoms with Gasteiger partial charge in [0.2, 0.25) is 0 Å². The Labute approximate surface area is 266 Å². The van der Waals surface area contributed by atoms with E-state index in [-0.39, 0.29) is 19.3 Å². The van der Waals surface area contributed by atoms with Gasteiger partial charge >= 0.3 is 17.9 Å². The van der Waals surface area contributed by atoms with E-state index in [2.05, 4.69) is 20.8 Å². The summed E-state index contributed by atoms with van der Waals surface area (Å²) in [4.78, 5) is 36.7. The molecule has 0 saturated carbocycles. The third-order valence-corrected chi connectivity index (χ3v) is 8.57. The van der Waals surface area contributed by atoms with Gasteiger partial charge in [0, 0.05) is 12.8 Å². The van der Waals surface area contributed by atoms with Crippen LogP contribution in [0.1, 0.15) is 201 Å². The Morgan fingerprint density at radius 1 is 0.488 bits per heavy atom. The van der Waals surface area contributed by atoms with Crippen LogP contribution in [-0.4, -0.2) is 30.6 Å². The first-order valence-corrected chi connectivity index (χ1v) is 18.6. The maximum Gasteiger partial charge on any atom is 0.322 e. The third-order valence-electron chi connectivity index (χ3n) is 8.57. The summed E-state index contributed by atoms with van der Waals surface area (Å²) in [6, 6.07) is -0.877. The molecular formula is C37H71NO5. The number of carbonyl (C=O) groups is 3. The Kier molecular flexibility index (Phi) is 30.9. The van der Waals surface area contributed by atoms with E-state index in [0.29, 0.717) is 12.5 Å². The van der Waals surface area contributed by atoms with Gasteiger partial charge in [-0.2, -0.15) is 0 Å². The molecular weight excluding hydrogens is 538 g/mol. The van der Waals surface area contributed by atoms with Crippen LogP contribution in [-0.2, 0) is 23.9 Å². The Hall–Kier alpha value is -1.43. The van der Waals surface area contributed by atoms with E-state index in [1.807, 2.05) is 0 Å². The highest BCUT2D eigenvalue weighted by Crippen LogP contribution is 2.20. The predicted molar refractivity (Wildman–Crippen MR) is 180 cm³/mol. The number of nitrogens with two attached hydrogens (primary N) is 1. The number of hydrogen-bond acceptors (Lipinski definition) is 6. The van der Waals surface area contributed by atoms with Gasteiger partial charge in [-0.3, -0.25) is 14.4 Å². The maximum atomic E-state index is 12.6. The van der Waals surface area contributed by atoms with E-state index in [0.717, 1.165) is 32.1 Å². The van der Waals surface area contributed by atoms with Crippen LogP contribution in [0.15, 0.2) is 0 Å². The van der Waals surface area contributed by atoms with E-state index in [4.69, 9.17) is 15.2 Å². The average Bonchev–Trinajstić information content (AvgIpc) is 3.00. The van der Waals surface area contributed by atoms with Crippen LogP contribution in [0.2, 0.25) is 0 Å². The van der Waals surface area contributed by atoms with E-state index in [1.165, 1.54) is 128 Å². The Balaban J connectivity index is 4.21. The Bertz CT molecular complexity index is 653. The van der Waals surface area contributed by atoms with Crippen LogP contribution in [0, 0.1) is 5.92 Å². The van der Waals surface area contributed by atoms with Crippen molar-refractivity contribution >= 4 is 17.9 Å². The van der Waals surface area contributed by atoms with E-state index >= 15 is 0 Å². The normalized spacial score (nSPS) is 12.7. The third kappa shape index (κ3) is 29.1. The minimum Gasteiger partial charge on any atom is -0.464 e. The molecule has 254 valence electrons. The second-order valence-electron chi connectivity index (χ2n) is 12.9. The molecule has 0 heterocycles. The van der Waals surface area contributed by atoms with Crippen LogP contribution in [0.3, 0.4) is 0 Å². The first kappa shape index (κ1) is 41.6. The Morgan fingerprint density at radius 3 is 1.30 bits per heavy atom. The van der Waals surface area contributed by atoms with Crippen LogP contribution in [0.5, 0.6) is 0 Å². The average molecular weight is 610 g/mol. The summed E-state index contributed by atoms with van der Waals surface area (Å²) in [5.41, 5.74) is 6.04. The van der Waals surface area contributed by atoms with Gasteiger partial charge in [-0.15, -0.1) is 0 Å². The van der Waals surface area contributed by atoms with Crippen LogP contribution in [0.25, 0.3) is 0 Å². The summed E-state index contributed by atoms with van der Waals surface area (Å²) in [6.45, 7) is 7.11. The smallest absolute Gasteiger partial charge is 0.322 e. The quantitative estimate of drug-likeness (QED) is 0.0463. The SMILES string of the molecule is CCCCCCCCCCCC(=O)OC(=O)CC[C@H](N)C(=O)OCC(CCCCCCCC)CCCCCCCCCC. The molecule has 0 aromatic heterocycles. The van der Waals surface area contributed by atoms with E-state index < -0.39 is 23.9 Å². The fraction of sp³-hybridized carbons (Fsp3) is 0.919. The van der Waals surface area contributed by atoms with Crippen molar-refractivity contribution < 1.29 is 23.9 Å². The van der Waals surface area contributed by atoms with Crippen molar-refractivity contribution in [2.24, 2.45) is 11.7 Å². The lowest BCUT2D eigenvalue weighted by atomic mass is 9.94. The molecule has 0 radical (unpaired) electrons. The first-order valence-electron chi connectivity index (χ1n) is 18.6. The number of esters is 3. The van der Waals surface area contributed by atoms with Crippen molar-refractivity contribution in [2.45, 2.75) is 207 Å². The molecule has 6 nitrogen and oxygen atoms in total. The van der Waals surface area contributed by atoms with Crippen molar-refractivity contribution in [3.63, 3.8) is 0 Å². The van der Waals surface area contributed by atoms with Crippen molar-refractivity contribution in [1.29, 1.82) is 0 Å². The minimum atomic E-state index is -0.877. The van der Waals surface area contributed by atoms with Gasteiger partial charge < -0.3 is 15.2 Å². The van der Waals surface area contributed by atoms with Gasteiger partial charge in [-0.1, -0.05) is 162 Å². The molecule has 0 aliphatic heterocycles. The highest BCUT2D eigenvalue weighted by molar-refractivity contribution is 5.85. The summed E-state index contributed by atoms with van der Waals surface area (Å²) in [5.74, 6) is -1.19. The summed E-state index contributed by atoms with van der Waals surface area (Å²) in [5, 5.41) is 0. The fourth-order valence-corrected chi connectivity index (χ4v) is 5.60. The molecule has 2 atom stereocenters. The lowest BCUT2D eigenvalue weighted by Crippen LogP contribution is -2.34. The topological polar surface area (TPSA) is 95.7 Å². The zero-order chi connectivity index (χ0) is 31.8. The number of unbranched alkanes of at least 4 members (excludes halogenated alkanes) is 20. The molecule has 0 aromatic rings. The number of ether oxygens (including phenoxy) is 2. The van der Waals surface area contributed by atoms with E-state index in [1.54, 1.807) is 0 Å². The molecule has 0 rings (SSSR count). The van der Waals surface area contributed by atoms with Gasteiger partial charge in [0.1, 0.15) is 6.04 Å². The molecule has 43 heavy (non-hydrogen) atoms. The highest BCUT2D eigenvalue weighted by Gasteiger charge is 2.20. The largest absolute Gasteiger partial charge is 0.464 e. The van der Waals surface area contributed by atoms with E-state index in [9.17, 15) is 14.4 Å². The lowest BCUT2D eigenvalue weighted by Gasteiger charge is -2.19. The Morgan fingerprint density at radius 2 is 0.860 bits per heavy atom. The van der Waals surface area contributed by atoms with Crippen LogP contribution < -0.4 is 5.73 Å². The minimum absolute atomic E-state index is 0.0563. The van der Waals surface area contributed by atoms with Crippen molar-refractivity contribution in [3.05, 3.63) is 0 Å². The monoisotopic (exact) mass is 610 g/mol. The molecule has 6 heteroatoms. The molecule has 0 aliphatic carbocycles. The summed E-state index contributed by atoms with van der Waals surface area (Å²) < 4.78 is 10.6. The second kappa shape index (κ2) is 32.0. The number of carbonyl (C=O) groups excluding carboxylic acids is 3. The maximum absolute atomic E-state index is 12.6. The molecule has 0 fully saturated rings. The molecule has 0 bridgehead atoms. The number of hydrogen-bond donors (Lipinski definition) is 1. The van der Waals surface area contributed by atoms with Crippen LogP contribution in [0.4, 0.5) is 0 Å². The zero-order valence-electron chi connectivity index (χ0n) is 28.8. The first-order chi connectivity index (χ1) is 20.9. The molecule has 2 N–H and O–H groups in total. The standard InChI is InChI=1S/C37H71NO5/c1-4-7-10-13-16-18-20-23-26-29-35(39)43-36(40)31-30-34(38)37(41)42-32-33(27-24-21-15-12-9-6-3)28-25-22-19-17-14-11-8-5-2/h33-34H,4-32,38H2,1-3H3/t33?,34-/m0/s1. The molecule has 1 unspecified atom stereocenters. The molecule has 0 aliphatic rings. The number of rotatable bonds is 32. The summed E-state index contributed by atoms with van der Waals surface area (Å²) in [6.07, 6.45) is 30.8. The highest BCUT2D eigenvalue weighted by atomic mass is 16.6. The fourth-order valence-electron chi connectivity index (χ4n) is 5.60. The van der Waals surface area contributed by atoms with Crippen molar-refractivity contribution in [1.82, 2.24) is 0 Å². The van der Waals surface area contributed by atoms with Crippen molar-refractivity contribution in [3.8, 4) is 0 Å². The molecule has 0 amide bonds. The predicted octanol–water partition coefficient (Wildman–Crippen LogP) is 10.5.